The normalized spacial score (nSPS) is 14.6. The molecule has 102 heavy (non-hydrogen) atoms. The van der Waals surface area contributed by atoms with Gasteiger partial charge in [0.1, 0.15) is 19.3 Å². The minimum atomic E-state index is -5.00. The molecule has 5 atom stereocenters. The second-order valence-electron chi connectivity index (χ2n) is 25.9. The molecule has 0 aromatic heterocycles. The van der Waals surface area contributed by atoms with Crippen LogP contribution in [0.4, 0.5) is 0 Å². The number of ether oxygens (including phenoxy) is 4. The van der Waals surface area contributed by atoms with Gasteiger partial charge in [0.05, 0.1) is 26.4 Å². The van der Waals surface area contributed by atoms with E-state index in [1.54, 1.807) is 0 Å². The lowest BCUT2D eigenvalue weighted by atomic mass is 10.1. The lowest BCUT2D eigenvalue weighted by Crippen LogP contribution is -2.30. The summed E-state index contributed by atoms with van der Waals surface area (Å²) >= 11 is 0. The summed E-state index contributed by atoms with van der Waals surface area (Å²) in [7, 11) is -9.98. The van der Waals surface area contributed by atoms with Gasteiger partial charge in [0.2, 0.25) is 0 Å². The molecule has 0 aliphatic rings. The SMILES string of the molecule is CC/C=C\C/C=C\C/C=C\C/C=C\C/C=C\C/C=C\CCC(=O)OCC(COP(=O)(O)OCC(O)COP(=O)(O)OCC(COC(=O)CCCCCCC/C=C\CCCCCC)OC(=O)CCCCCCC/C=C\CCCCCC)OC(=O)CCCCCCCCC/C=C\C/C=C\C/C=C\CC. The number of hydrogen-bond acceptors (Lipinski definition) is 15. The topological polar surface area (TPSA) is 237 Å². The van der Waals surface area contributed by atoms with Crippen LogP contribution in [-0.4, -0.2) is 96.7 Å². The van der Waals surface area contributed by atoms with Crippen LogP contribution in [0.25, 0.3) is 0 Å². The smallest absolute Gasteiger partial charge is 0.462 e. The minimum absolute atomic E-state index is 0.0306. The number of allylic oxidation sites excluding steroid dienone is 22. The van der Waals surface area contributed by atoms with Crippen molar-refractivity contribution in [2.45, 2.75) is 329 Å². The van der Waals surface area contributed by atoms with E-state index in [1.165, 1.54) is 51.4 Å². The van der Waals surface area contributed by atoms with Gasteiger partial charge in [-0.05, 0) is 148 Å². The van der Waals surface area contributed by atoms with E-state index in [2.05, 4.69) is 143 Å². The number of carbonyl (C=O) groups excluding carboxylic acids is 4. The second kappa shape index (κ2) is 74.5. The Bertz CT molecular complexity index is 2460. The van der Waals surface area contributed by atoms with Crippen LogP contribution in [0.3, 0.4) is 0 Å². The highest BCUT2D eigenvalue weighted by Gasteiger charge is 2.30. The first kappa shape index (κ1) is 97.2. The standard InChI is InChI=1S/C83H140O17P2/c1-5-9-13-17-21-25-29-33-35-37-38-40-41-45-48-52-56-60-64-68-81(86)94-74-79(100-83(88)70-66-62-58-54-50-46-42-39-36-34-30-26-22-18-14-10-6-2)76-98-102(91,92)96-72-77(84)71-95-101(89,90)97-75-78(99-82(87)69-65-61-57-53-49-44-32-28-24-20-16-12-8-4)73-93-80(85)67-63-59-55-51-47-43-31-27-23-19-15-11-7-3/h9-10,13-14,21-22,25-28,31-36,38,40,45,48,56,60,77-79,84H,5-8,11-12,15-20,23-24,29-30,37,39,41-44,46-47,49-55,57-59,61-76H2,1-4H3,(H,89,90)(H,91,92)/b13-9-,14-10-,25-21-,26-22-,31-27-,32-28-,35-33-,36-34-,40-38-,48-45-,60-56-. The molecule has 0 saturated carbocycles. The van der Waals surface area contributed by atoms with Crippen molar-refractivity contribution in [2.24, 2.45) is 0 Å². The Labute approximate surface area is 618 Å². The van der Waals surface area contributed by atoms with Crippen molar-refractivity contribution in [1.29, 1.82) is 0 Å². The molecule has 19 heteroatoms. The lowest BCUT2D eigenvalue weighted by molar-refractivity contribution is -0.161. The number of aliphatic hydroxyl groups is 1. The first-order valence-electron chi connectivity index (χ1n) is 39.4. The third-order valence-electron chi connectivity index (χ3n) is 16.1. The highest BCUT2D eigenvalue weighted by molar-refractivity contribution is 7.47. The maximum Gasteiger partial charge on any atom is 0.472 e. The Balaban J connectivity index is 5.44. The van der Waals surface area contributed by atoms with Crippen LogP contribution in [-0.2, 0) is 65.4 Å². The predicted molar refractivity (Wildman–Crippen MR) is 418 cm³/mol. The van der Waals surface area contributed by atoms with E-state index in [1.807, 2.05) is 18.2 Å². The summed E-state index contributed by atoms with van der Waals surface area (Å²) in [6.45, 7) is 4.51. The molecule has 0 aliphatic heterocycles. The molecule has 3 N–H and O–H groups in total. The number of esters is 4. The number of rotatable bonds is 73. The maximum atomic E-state index is 13.1. The number of hydrogen-bond donors (Lipinski definition) is 3. The first-order valence-corrected chi connectivity index (χ1v) is 42.4. The molecule has 0 radical (unpaired) electrons. The fraction of sp³-hybridized carbons (Fsp3) is 0.687. The summed E-state index contributed by atoms with van der Waals surface area (Å²) in [5.74, 6) is -2.30. The van der Waals surface area contributed by atoms with Gasteiger partial charge in [-0.2, -0.15) is 0 Å². The van der Waals surface area contributed by atoms with Gasteiger partial charge < -0.3 is 33.8 Å². The molecular weight excluding hydrogens is 1330 g/mol. The zero-order valence-corrected chi connectivity index (χ0v) is 65.5. The Kier molecular flexibility index (Phi) is 71.0. The van der Waals surface area contributed by atoms with Gasteiger partial charge in [0.15, 0.2) is 12.2 Å². The highest BCUT2D eigenvalue weighted by Crippen LogP contribution is 2.45. The van der Waals surface area contributed by atoms with E-state index >= 15 is 0 Å². The Morgan fingerprint density at radius 3 is 0.853 bits per heavy atom. The molecule has 5 unspecified atom stereocenters. The molecule has 0 saturated heterocycles. The average molecular weight is 1470 g/mol. The molecule has 0 fully saturated rings. The lowest BCUT2D eigenvalue weighted by Gasteiger charge is -2.21. The molecule has 0 aromatic rings. The molecule has 0 heterocycles. The number of carbonyl (C=O) groups is 4. The first-order chi connectivity index (χ1) is 49.7. The molecule has 0 aromatic carbocycles. The predicted octanol–water partition coefficient (Wildman–Crippen LogP) is 22.9. The van der Waals surface area contributed by atoms with Gasteiger partial charge in [-0.3, -0.25) is 37.3 Å². The summed E-state index contributed by atoms with van der Waals surface area (Å²) in [6, 6.07) is 0. The van der Waals surface area contributed by atoms with Crippen LogP contribution < -0.4 is 0 Å². The fourth-order valence-electron chi connectivity index (χ4n) is 10.1. The van der Waals surface area contributed by atoms with Gasteiger partial charge in [-0.15, -0.1) is 0 Å². The quantitative estimate of drug-likeness (QED) is 0.0169. The van der Waals surface area contributed by atoms with Crippen molar-refractivity contribution in [3.05, 3.63) is 134 Å². The summed E-state index contributed by atoms with van der Waals surface area (Å²) in [5.41, 5.74) is 0. The molecule has 584 valence electrons. The minimum Gasteiger partial charge on any atom is -0.462 e. The third-order valence-corrected chi connectivity index (χ3v) is 18.0. The zero-order valence-electron chi connectivity index (χ0n) is 63.7. The van der Waals surface area contributed by atoms with Crippen molar-refractivity contribution >= 4 is 39.5 Å². The van der Waals surface area contributed by atoms with Gasteiger partial charge >= 0.3 is 39.5 Å². The van der Waals surface area contributed by atoms with E-state index in [0.717, 1.165) is 173 Å². The van der Waals surface area contributed by atoms with Crippen molar-refractivity contribution in [2.75, 3.05) is 39.6 Å². The molecule has 0 rings (SSSR count). The van der Waals surface area contributed by atoms with Gasteiger partial charge in [-0.25, -0.2) is 9.13 Å². The van der Waals surface area contributed by atoms with Gasteiger partial charge in [0.25, 0.3) is 0 Å². The molecule has 0 spiro atoms. The molecular formula is C83H140O17P2. The summed E-state index contributed by atoms with van der Waals surface area (Å²) < 4.78 is 68.5. The average Bonchev–Trinajstić information content (AvgIpc) is 0.923. The van der Waals surface area contributed by atoms with Crippen LogP contribution in [0, 0.1) is 0 Å². The highest BCUT2D eigenvalue weighted by atomic mass is 31.2. The summed E-state index contributed by atoms with van der Waals surface area (Å²) in [6.07, 6.45) is 83.0. The maximum absolute atomic E-state index is 13.1. The van der Waals surface area contributed by atoms with Gasteiger partial charge in [0, 0.05) is 25.7 Å². The summed E-state index contributed by atoms with van der Waals surface area (Å²) in [5, 5.41) is 10.6. The van der Waals surface area contributed by atoms with Crippen molar-refractivity contribution in [3.63, 3.8) is 0 Å². The van der Waals surface area contributed by atoms with Crippen molar-refractivity contribution in [3.8, 4) is 0 Å². The second-order valence-corrected chi connectivity index (χ2v) is 28.8. The van der Waals surface area contributed by atoms with Gasteiger partial charge in [-0.1, -0.05) is 271 Å². The summed E-state index contributed by atoms with van der Waals surface area (Å²) in [4.78, 5) is 72.9. The number of aliphatic hydroxyl groups excluding tert-OH is 1. The van der Waals surface area contributed by atoms with Crippen LogP contribution in [0.15, 0.2) is 134 Å². The largest absolute Gasteiger partial charge is 0.472 e. The van der Waals surface area contributed by atoms with E-state index in [4.69, 9.17) is 37.0 Å². The van der Waals surface area contributed by atoms with E-state index in [-0.39, 0.29) is 25.7 Å². The van der Waals surface area contributed by atoms with E-state index in [9.17, 15) is 43.2 Å². The third kappa shape index (κ3) is 73.5. The van der Waals surface area contributed by atoms with Crippen molar-refractivity contribution < 1.29 is 80.2 Å². The molecule has 0 amide bonds. The molecule has 0 bridgehead atoms. The molecule has 17 nitrogen and oxygen atoms in total. The van der Waals surface area contributed by atoms with Crippen LogP contribution in [0.5, 0.6) is 0 Å². The Morgan fingerprint density at radius 1 is 0.284 bits per heavy atom. The fourth-order valence-corrected chi connectivity index (χ4v) is 11.7. The van der Waals surface area contributed by atoms with E-state index in [0.29, 0.717) is 32.1 Å². The number of phosphoric ester groups is 2. The van der Waals surface area contributed by atoms with E-state index < -0.39 is 97.5 Å². The van der Waals surface area contributed by atoms with Crippen molar-refractivity contribution in [1.82, 2.24) is 0 Å². The zero-order chi connectivity index (χ0) is 74.6. The van der Waals surface area contributed by atoms with Crippen LogP contribution in [0.1, 0.15) is 310 Å². The number of unbranched alkanes of at least 4 members (excludes halogenated alkanes) is 25. The van der Waals surface area contributed by atoms with Crippen LogP contribution >= 0.6 is 15.6 Å². The molecule has 0 aliphatic carbocycles. The Hall–Kier alpha value is -4.80. The Morgan fingerprint density at radius 2 is 0.529 bits per heavy atom. The van der Waals surface area contributed by atoms with Crippen LogP contribution in [0.2, 0.25) is 0 Å². The number of phosphoric acid groups is 2. The monoisotopic (exact) mass is 1470 g/mol.